The van der Waals surface area contributed by atoms with Crippen LogP contribution in [0.1, 0.15) is 31.9 Å². The average molecular weight is 234 g/mol. The molecule has 4 nitrogen and oxygen atoms in total. The number of nitrogens with one attached hydrogen (secondary N) is 1. The van der Waals surface area contributed by atoms with Crippen LogP contribution in [0.5, 0.6) is 0 Å². The Hall–Kier alpha value is -1.03. The molecule has 3 atom stereocenters. The van der Waals surface area contributed by atoms with Gasteiger partial charge in [0.1, 0.15) is 0 Å². The molecular formula is C13H22N4. The van der Waals surface area contributed by atoms with Gasteiger partial charge in [0, 0.05) is 24.8 Å². The van der Waals surface area contributed by atoms with Crippen LogP contribution in [0.3, 0.4) is 0 Å². The average Bonchev–Trinajstić information content (AvgIpc) is 2.95. The van der Waals surface area contributed by atoms with Crippen LogP contribution in [0, 0.1) is 11.8 Å². The molecule has 0 amide bonds. The fourth-order valence-corrected chi connectivity index (χ4v) is 3.38. The van der Waals surface area contributed by atoms with Crippen molar-refractivity contribution in [2.45, 2.75) is 38.6 Å². The summed E-state index contributed by atoms with van der Waals surface area (Å²) in [5, 5.41) is 0. The SMILES string of the molecule is CCc1cnc(N2CC3CCCC(N)C3C2)[nH]1. The number of aryl methyl sites for hydroxylation is 1. The highest BCUT2D eigenvalue weighted by Gasteiger charge is 2.39. The number of nitrogens with two attached hydrogens (primary N) is 1. The minimum absolute atomic E-state index is 0.402. The van der Waals surface area contributed by atoms with E-state index in [1.165, 1.54) is 25.0 Å². The van der Waals surface area contributed by atoms with Gasteiger partial charge in [0.05, 0.1) is 6.20 Å². The summed E-state index contributed by atoms with van der Waals surface area (Å²) >= 11 is 0. The van der Waals surface area contributed by atoms with Crippen molar-refractivity contribution < 1.29 is 0 Å². The van der Waals surface area contributed by atoms with E-state index in [-0.39, 0.29) is 0 Å². The number of anilines is 1. The van der Waals surface area contributed by atoms with Gasteiger partial charge in [0.25, 0.3) is 0 Å². The van der Waals surface area contributed by atoms with Gasteiger partial charge in [-0.15, -0.1) is 0 Å². The minimum atomic E-state index is 0.402. The summed E-state index contributed by atoms with van der Waals surface area (Å²) < 4.78 is 0. The Bertz CT molecular complexity index is 387. The molecule has 3 N–H and O–H groups in total. The Morgan fingerprint density at radius 2 is 2.35 bits per heavy atom. The first-order valence-electron chi connectivity index (χ1n) is 6.82. The van der Waals surface area contributed by atoms with Gasteiger partial charge in [-0.25, -0.2) is 4.98 Å². The summed E-state index contributed by atoms with van der Waals surface area (Å²) in [6.45, 7) is 4.37. The molecule has 1 aromatic heterocycles. The molecule has 2 fully saturated rings. The van der Waals surface area contributed by atoms with E-state index >= 15 is 0 Å². The van der Waals surface area contributed by atoms with Crippen LogP contribution >= 0.6 is 0 Å². The van der Waals surface area contributed by atoms with Crippen LogP contribution in [0.2, 0.25) is 0 Å². The number of nitrogens with zero attached hydrogens (tertiary/aromatic N) is 2. The second kappa shape index (κ2) is 4.33. The standard InChI is InChI=1S/C13H22N4/c1-2-10-6-15-13(16-10)17-7-9-4-3-5-12(14)11(9)8-17/h6,9,11-12H,2-5,7-8,14H2,1H3,(H,15,16). The van der Waals surface area contributed by atoms with Crippen LogP contribution in [-0.2, 0) is 6.42 Å². The van der Waals surface area contributed by atoms with Gasteiger partial charge in [-0.05, 0) is 31.1 Å². The van der Waals surface area contributed by atoms with Gasteiger partial charge in [0.2, 0.25) is 5.95 Å². The van der Waals surface area contributed by atoms with Crippen molar-refractivity contribution in [3.8, 4) is 0 Å². The fourth-order valence-electron chi connectivity index (χ4n) is 3.38. The monoisotopic (exact) mass is 234 g/mol. The molecule has 0 radical (unpaired) electrons. The predicted molar refractivity (Wildman–Crippen MR) is 69.0 cm³/mol. The number of hydrogen-bond acceptors (Lipinski definition) is 3. The van der Waals surface area contributed by atoms with Crippen LogP contribution < -0.4 is 10.6 Å². The molecule has 1 aromatic rings. The van der Waals surface area contributed by atoms with Gasteiger partial charge in [-0.3, -0.25) is 0 Å². The maximum atomic E-state index is 6.23. The lowest BCUT2D eigenvalue weighted by molar-refractivity contribution is 0.260. The number of aromatic nitrogens is 2. The first-order chi connectivity index (χ1) is 8.28. The van der Waals surface area contributed by atoms with Crippen LogP contribution in [-0.4, -0.2) is 29.1 Å². The Morgan fingerprint density at radius 3 is 3.06 bits per heavy atom. The lowest BCUT2D eigenvalue weighted by Gasteiger charge is -2.29. The zero-order valence-electron chi connectivity index (χ0n) is 10.5. The number of hydrogen-bond donors (Lipinski definition) is 2. The van der Waals surface area contributed by atoms with Crippen molar-refractivity contribution in [1.82, 2.24) is 9.97 Å². The topological polar surface area (TPSA) is 57.9 Å². The van der Waals surface area contributed by atoms with Crippen molar-refractivity contribution in [3.63, 3.8) is 0 Å². The third kappa shape index (κ3) is 1.95. The summed E-state index contributed by atoms with van der Waals surface area (Å²) in [5.74, 6) is 2.51. The Labute approximate surface area is 103 Å². The Morgan fingerprint density at radius 1 is 1.47 bits per heavy atom. The molecule has 1 saturated carbocycles. The van der Waals surface area contributed by atoms with Crippen molar-refractivity contribution in [2.24, 2.45) is 17.6 Å². The van der Waals surface area contributed by atoms with Gasteiger partial charge >= 0.3 is 0 Å². The second-order valence-corrected chi connectivity index (χ2v) is 5.51. The van der Waals surface area contributed by atoms with E-state index in [0.717, 1.165) is 31.4 Å². The maximum absolute atomic E-state index is 6.23. The molecule has 0 aromatic carbocycles. The van der Waals surface area contributed by atoms with E-state index in [1.54, 1.807) is 0 Å². The lowest BCUT2D eigenvalue weighted by Crippen LogP contribution is -2.38. The van der Waals surface area contributed by atoms with Crippen LogP contribution in [0.25, 0.3) is 0 Å². The molecule has 17 heavy (non-hydrogen) atoms. The molecule has 1 aliphatic carbocycles. The molecule has 1 saturated heterocycles. The third-order valence-corrected chi connectivity index (χ3v) is 4.45. The van der Waals surface area contributed by atoms with Crippen LogP contribution in [0.4, 0.5) is 5.95 Å². The van der Waals surface area contributed by atoms with E-state index in [2.05, 4.69) is 21.8 Å². The fraction of sp³-hybridized carbons (Fsp3) is 0.769. The molecule has 0 spiro atoms. The van der Waals surface area contributed by atoms with E-state index < -0.39 is 0 Å². The number of rotatable bonds is 2. The highest BCUT2D eigenvalue weighted by molar-refractivity contribution is 5.34. The van der Waals surface area contributed by atoms with Gasteiger partial charge < -0.3 is 15.6 Å². The molecular weight excluding hydrogens is 212 g/mol. The minimum Gasteiger partial charge on any atom is -0.342 e. The first kappa shape index (κ1) is 11.1. The Balaban J connectivity index is 1.74. The number of imidazole rings is 1. The quantitative estimate of drug-likeness (QED) is 0.816. The number of aromatic amines is 1. The van der Waals surface area contributed by atoms with E-state index in [1.807, 2.05) is 6.20 Å². The zero-order valence-corrected chi connectivity index (χ0v) is 10.5. The zero-order chi connectivity index (χ0) is 11.8. The Kier molecular flexibility index (Phi) is 2.82. The molecule has 3 unspecified atom stereocenters. The third-order valence-electron chi connectivity index (χ3n) is 4.45. The van der Waals surface area contributed by atoms with Gasteiger partial charge in [0.15, 0.2) is 0 Å². The summed E-state index contributed by atoms with van der Waals surface area (Å²) in [4.78, 5) is 10.3. The van der Waals surface area contributed by atoms with Crippen molar-refractivity contribution >= 4 is 5.95 Å². The highest BCUT2D eigenvalue weighted by Crippen LogP contribution is 2.36. The highest BCUT2D eigenvalue weighted by atomic mass is 15.3. The second-order valence-electron chi connectivity index (χ2n) is 5.51. The summed E-state index contributed by atoms with van der Waals surface area (Å²) in [6.07, 6.45) is 6.82. The summed E-state index contributed by atoms with van der Waals surface area (Å²) in [7, 11) is 0. The smallest absolute Gasteiger partial charge is 0.202 e. The van der Waals surface area contributed by atoms with Crippen molar-refractivity contribution in [3.05, 3.63) is 11.9 Å². The van der Waals surface area contributed by atoms with Gasteiger partial charge in [-0.1, -0.05) is 13.3 Å². The lowest BCUT2D eigenvalue weighted by atomic mass is 9.78. The van der Waals surface area contributed by atoms with Crippen molar-refractivity contribution in [1.29, 1.82) is 0 Å². The molecule has 94 valence electrons. The van der Waals surface area contributed by atoms with Gasteiger partial charge in [-0.2, -0.15) is 0 Å². The normalized spacial score (nSPS) is 32.8. The summed E-state index contributed by atoms with van der Waals surface area (Å²) in [6, 6.07) is 0.402. The predicted octanol–water partition coefficient (Wildman–Crippen LogP) is 1.54. The number of H-pyrrole nitrogens is 1. The van der Waals surface area contributed by atoms with E-state index in [9.17, 15) is 0 Å². The molecule has 2 heterocycles. The number of fused-ring (bicyclic) bond motifs is 1. The maximum Gasteiger partial charge on any atom is 0.202 e. The molecule has 1 aliphatic heterocycles. The van der Waals surface area contributed by atoms with E-state index in [0.29, 0.717) is 12.0 Å². The molecule has 4 heteroatoms. The summed E-state index contributed by atoms with van der Waals surface area (Å²) in [5.41, 5.74) is 7.46. The largest absolute Gasteiger partial charge is 0.342 e. The van der Waals surface area contributed by atoms with E-state index in [4.69, 9.17) is 5.73 Å². The molecule has 0 bridgehead atoms. The van der Waals surface area contributed by atoms with Crippen LogP contribution in [0.15, 0.2) is 6.20 Å². The van der Waals surface area contributed by atoms with Crippen molar-refractivity contribution in [2.75, 3.05) is 18.0 Å². The first-order valence-corrected chi connectivity index (χ1v) is 6.82. The molecule has 2 aliphatic rings. The molecule has 3 rings (SSSR count).